The molecule has 0 aromatic heterocycles. The van der Waals surface area contributed by atoms with Crippen LogP contribution in [0.25, 0.3) is 0 Å². The van der Waals surface area contributed by atoms with Crippen molar-refractivity contribution in [2.24, 2.45) is 0 Å². The lowest BCUT2D eigenvalue weighted by atomic mass is 10.2. The fraction of sp³-hybridized carbons (Fsp3) is 0.458. The van der Waals surface area contributed by atoms with Crippen LogP contribution in [0, 0.1) is 0 Å². The first kappa shape index (κ1) is 22.5. The molecule has 31 heavy (non-hydrogen) atoms. The topological polar surface area (TPSA) is 42.0 Å². The van der Waals surface area contributed by atoms with E-state index in [0.717, 1.165) is 74.1 Å². The van der Waals surface area contributed by atoms with Crippen molar-refractivity contribution >= 4 is 29.3 Å². The van der Waals surface area contributed by atoms with Gasteiger partial charge in [0, 0.05) is 50.0 Å². The minimum atomic E-state index is 0.127. The summed E-state index contributed by atoms with van der Waals surface area (Å²) in [7, 11) is 0. The lowest BCUT2D eigenvalue weighted by Crippen LogP contribution is -2.49. The molecule has 0 aliphatic carbocycles. The fourth-order valence-electron chi connectivity index (χ4n) is 3.92. The van der Waals surface area contributed by atoms with Gasteiger partial charge in [-0.15, -0.1) is 11.8 Å². The number of para-hydroxylation sites is 1. The van der Waals surface area contributed by atoms with Gasteiger partial charge in [0.25, 0.3) is 5.91 Å². The largest absolute Gasteiger partial charge is 0.491 e. The molecule has 0 radical (unpaired) electrons. The van der Waals surface area contributed by atoms with Gasteiger partial charge in [0.2, 0.25) is 0 Å². The van der Waals surface area contributed by atoms with Crippen molar-refractivity contribution in [3.63, 3.8) is 0 Å². The number of amides is 1. The van der Waals surface area contributed by atoms with Crippen LogP contribution in [0.5, 0.6) is 5.75 Å². The molecule has 166 valence electrons. The highest BCUT2D eigenvalue weighted by Crippen LogP contribution is 2.28. The number of ether oxygens (including phenoxy) is 2. The van der Waals surface area contributed by atoms with E-state index in [-0.39, 0.29) is 5.91 Å². The Bertz CT molecular complexity index is 867. The van der Waals surface area contributed by atoms with E-state index in [1.807, 2.05) is 47.4 Å². The maximum Gasteiger partial charge on any atom is 0.255 e. The number of nitrogens with zero attached hydrogens (tertiary/aromatic N) is 2. The van der Waals surface area contributed by atoms with Crippen LogP contribution >= 0.6 is 23.4 Å². The average Bonchev–Trinajstić information content (AvgIpc) is 3.33. The highest BCUT2D eigenvalue weighted by molar-refractivity contribution is 7.99. The first-order valence-electron chi connectivity index (χ1n) is 10.9. The Balaban J connectivity index is 1.25. The summed E-state index contributed by atoms with van der Waals surface area (Å²) in [6.45, 7) is 5.43. The Morgan fingerprint density at radius 2 is 1.87 bits per heavy atom. The molecule has 5 nitrogen and oxygen atoms in total. The Kier molecular flexibility index (Phi) is 8.14. The molecule has 0 saturated carbocycles. The summed E-state index contributed by atoms with van der Waals surface area (Å²) in [5.74, 6) is 1.75. The minimum Gasteiger partial charge on any atom is -0.491 e. The average molecular weight is 461 g/mol. The van der Waals surface area contributed by atoms with Crippen molar-refractivity contribution in [1.29, 1.82) is 0 Å². The van der Waals surface area contributed by atoms with Gasteiger partial charge in [0.1, 0.15) is 12.4 Å². The molecule has 2 heterocycles. The number of benzene rings is 2. The summed E-state index contributed by atoms with van der Waals surface area (Å²) in [6, 6.07) is 15.5. The van der Waals surface area contributed by atoms with Crippen molar-refractivity contribution in [3.8, 4) is 5.75 Å². The standard InChI is InChI=1S/C24H29ClN2O3S/c25-21-8-2-3-9-22(21)30-17-15-26-11-13-27(14-12-26)24(28)20-7-1-4-10-23(20)31-18-19-6-5-16-29-19/h1-4,7-10,19H,5-6,11-18H2. The van der Waals surface area contributed by atoms with Crippen LogP contribution < -0.4 is 4.74 Å². The molecule has 1 atom stereocenters. The number of halogens is 1. The minimum absolute atomic E-state index is 0.127. The summed E-state index contributed by atoms with van der Waals surface area (Å²) < 4.78 is 11.5. The lowest BCUT2D eigenvalue weighted by Gasteiger charge is -2.35. The zero-order chi connectivity index (χ0) is 21.5. The molecule has 4 rings (SSSR count). The van der Waals surface area contributed by atoms with Gasteiger partial charge in [-0.3, -0.25) is 9.69 Å². The lowest BCUT2D eigenvalue weighted by molar-refractivity contribution is 0.0617. The van der Waals surface area contributed by atoms with E-state index in [9.17, 15) is 4.79 Å². The van der Waals surface area contributed by atoms with Crippen molar-refractivity contribution in [1.82, 2.24) is 9.80 Å². The molecule has 0 spiro atoms. The Morgan fingerprint density at radius 1 is 1.10 bits per heavy atom. The van der Waals surface area contributed by atoms with Crippen molar-refractivity contribution in [3.05, 3.63) is 59.1 Å². The van der Waals surface area contributed by atoms with Gasteiger partial charge < -0.3 is 14.4 Å². The Labute approximate surface area is 193 Å². The molecular formula is C24H29ClN2O3S. The van der Waals surface area contributed by atoms with Crippen molar-refractivity contribution in [2.75, 3.05) is 51.7 Å². The third-order valence-corrected chi connectivity index (χ3v) is 7.25. The second-order valence-electron chi connectivity index (χ2n) is 7.85. The molecule has 2 aromatic carbocycles. The van der Waals surface area contributed by atoms with Crippen molar-refractivity contribution in [2.45, 2.75) is 23.8 Å². The molecule has 2 saturated heterocycles. The second kappa shape index (κ2) is 11.2. The summed E-state index contributed by atoms with van der Waals surface area (Å²) in [5.41, 5.74) is 0.806. The molecule has 0 N–H and O–H groups in total. The van der Waals surface area contributed by atoms with Crippen molar-refractivity contribution < 1.29 is 14.3 Å². The number of rotatable bonds is 8. The summed E-state index contributed by atoms with van der Waals surface area (Å²) >= 11 is 7.88. The molecule has 0 bridgehead atoms. The van der Waals surface area contributed by atoms with Gasteiger partial charge >= 0.3 is 0 Å². The monoisotopic (exact) mass is 460 g/mol. The zero-order valence-corrected chi connectivity index (χ0v) is 19.2. The van der Waals surface area contributed by atoms with Crippen LogP contribution in [-0.4, -0.2) is 73.5 Å². The number of hydrogen-bond acceptors (Lipinski definition) is 5. The van der Waals surface area contributed by atoms with E-state index in [4.69, 9.17) is 21.1 Å². The van der Waals surface area contributed by atoms with Gasteiger partial charge in [-0.1, -0.05) is 35.9 Å². The van der Waals surface area contributed by atoms with Gasteiger partial charge in [0.15, 0.2) is 0 Å². The first-order valence-corrected chi connectivity index (χ1v) is 12.3. The van der Waals surface area contributed by atoms with E-state index in [2.05, 4.69) is 11.0 Å². The van der Waals surface area contributed by atoms with E-state index in [0.29, 0.717) is 17.7 Å². The number of piperazine rings is 1. The quantitative estimate of drug-likeness (QED) is 0.544. The van der Waals surface area contributed by atoms with Gasteiger partial charge in [-0.25, -0.2) is 0 Å². The molecule has 2 aromatic rings. The van der Waals surface area contributed by atoms with Crippen LogP contribution in [-0.2, 0) is 4.74 Å². The van der Waals surface area contributed by atoms with Crippen LogP contribution in [0.1, 0.15) is 23.2 Å². The third kappa shape index (κ3) is 6.16. The number of hydrogen-bond donors (Lipinski definition) is 0. The maximum absolute atomic E-state index is 13.2. The molecule has 7 heteroatoms. The van der Waals surface area contributed by atoms with E-state index >= 15 is 0 Å². The molecule has 1 amide bonds. The van der Waals surface area contributed by atoms with Gasteiger partial charge in [-0.05, 0) is 37.1 Å². The van der Waals surface area contributed by atoms with Gasteiger partial charge in [-0.2, -0.15) is 0 Å². The molecule has 2 aliphatic rings. The number of carbonyl (C=O) groups is 1. The highest BCUT2D eigenvalue weighted by Gasteiger charge is 2.24. The molecule has 2 fully saturated rings. The molecular weight excluding hydrogens is 432 g/mol. The third-order valence-electron chi connectivity index (χ3n) is 5.73. The second-order valence-corrected chi connectivity index (χ2v) is 9.32. The molecule has 2 aliphatic heterocycles. The maximum atomic E-state index is 13.2. The SMILES string of the molecule is O=C(c1ccccc1SCC1CCCO1)N1CCN(CCOc2ccccc2Cl)CC1. The van der Waals surface area contributed by atoms with Crippen LogP contribution in [0.3, 0.4) is 0 Å². The van der Waals surface area contributed by atoms with Crippen LogP contribution in [0.2, 0.25) is 5.02 Å². The van der Waals surface area contributed by atoms with Crippen LogP contribution in [0.15, 0.2) is 53.4 Å². The normalized spacial score (nSPS) is 19.5. The summed E-state index contributed by atoms with van der Waals surface area (Å²) in [5, 5.41) is 0.633. The smallest absolute Gasteiger partial charge is 0.255 e. The number of thioether (sulfide) groups is 1. The van der Waals surface area contributed by atoms with Gasteiger partial charge in [0.05, 0.1) is 16.7 Å². The molecule has 1 unspecified atom stereocenters. The Morgan fingerprint density at radius 3 is 2.65 bits per heavy atom. The van der Waals surface area contributed by atoms with E-state index in [1.165, 1.54) is 0 Å². The fourth-order valence-corrected chi connectivity index (χ4v) is 5.22. The number of carbonyl (C=O) groups excluding carboxylic acids is 1. The highest BCUT2D eigenvalue weighted by atomic mass is 35.5. The van der Waals surface area contributed by atoms with E-state index < -0.39 is 0 Å². The van der Waals surface area contributed by atoms with Crippen LogP contribution in [0.4, 0.5) is 0 Å². The van der Waals surface area contributed by atoms with E-state index in [1.54, 1.807) is 11.8 Å². The summed E-state index contributed by atoms with van der Waals surface area (Å²) in [4.78, 5) is 18.5. The zero-order valence-electron chi connectivity index (χ0n) is 17.7. The summed E-state index contributed by atoms with van der Waals surface area (Å²) in [6.07, 6.45) is 2.56. The predicted molar refractivity (Wildman–Crippen MR) is 125 cm³/mol. The predicted octanol–water partition coefficient (Wildman–Crippen LogP) is 4.45. The Hall–Kier alpha value is -1.73. The first-order chi connectivity index (χ1) is 15.2.